The number of rotatable bonds is 7. The van der Waals surface area contributed by atoms with E-state index >= 15 is 0 Å². The molecule has 138 valence electrons. The van der Waals surface area contributed by atoms with E-state index in [9.17, 15) is 19.5 Å². The quantitative estimate of drug-likeness (QED) is 0.693. The first kappa shape index (κ1) is 19.2. The highest BCUT2D eigenvalue weighted by molar-refractivity contribution is 5.95. The van der Waals surface area contributed by atoms with E-state index in [1.54, 1.807) is 6.07 Å². The normalized spacial score (nSPS) is 11.7. The number of H-pyrrole nitrogens is 1. The van der Waals surface area contributed by atoms with Gasteiger partial charge in [0.1, 0.15) is 11.7 Å². The van der Waals surface area contributed by atoms with Crippen LogP contribution in [0, 0.1) is 6.92 Å². The Hall–Kier alpha value is -3.16. The number of hydrogen-bond acceptors (Lipinski definition) is 4. The molecule has 1 aromatic carbocycles. The van der Waals surface area contributed by atoms with Crippen LogP contribution in [0.1, 0.15) is 29.9 Å². The minimum absolute atomic E-state index is 0.0742. The topological polar surface area (TPSA) is 115 Å². The molecule has 0 bridgehead atoms. The molecule has 2 rings (SSSR count). The molecule has 2 amide bonds. The Balaban J connectivity index is 2.20. The van der Waals surface area contributed by atoms with E-state index in [1.165, 1.54) is 18.7 Å². The van der Waals surface area contributed by atoms with Crippen molar-refractivity contribution in [3.63, 3.8) is 0 Å². The molecule has 1 heterocycles. The molecular weight excluding hydrogens is 336 g/mol. The molecule has 2 aromatic rings. The van der Waals surface area contributed by atoms with Gasteiger partial charge in [-0.05, 0) is 19.9 Å². The molecule has 0 spiro atoms. The zero-order chi connectivity index (χ0) is 19.3. The van der Waals surface area contributed by atoms with Crippen molar-refractivity contribution < 1.29 is 19.5 Å². The third-order valence-electron chi connectivity index (χ3n) is 3.97. The highest BCUT2D eigenvalue weighted by atomic mass is 16.4. The minimum atomic E-state index is -1.13. The number of carbonyl (C=O) groups excluding carboxylic acids is 2. The van der Waals surface area contributed by atoms with Gasteiger partial charge in [0.2, 0.25) is 5.91 Å². The van der Waals surface area contributed by atoms with Gasteiger partial charge >= 0.3 is 5.97 Å². The number of amides is 2. The van der Waals surface area contributed by atoms with Crippen molar-refractivity contribution in [1.29, 1.82) is 0 Å². The molecule has 8 heteroatoms. The highest BCUT2D eigenvalue weighted by Gasteiger charge is 2.27. The monoisotopic (exact) mass is 358 g/mol. The summed E-state index contributed by atoms with van der Waals surface area (Å²) in [7, 11) is 0. The van der Waals surface area contributed by atoms with Crippen molar-refractivity contribution in [2.24, 2.45) is 0 Å². The van der Waals surface area contributed by atoms with Gasteiger partial charge in [-0.3, -0.25) is 14.7 Å². The molecule has 0 saturated carbocycles. The second kappa shape index (κ2) is 8.28. The molecule has 0 aliphatic carbocycles. The Morgan fingerprint density at radius 2 is 1.92 bits per heavy atom. The number of nitrogens with one attached hydrogen (secondary N) is 2. The summed E-state index contributed by atoms with van der Waals surface area (Å²) in [6.07, 6.45) is 0. The first-order chi connectivity index (χ1) is 12.3. The van der Waals surface area contributed by atoms with E-state index in [1.807, 2.05) is 31.2 Å². The number of aromatic amines is 1. The molecule has 26 heavy (non-hydrogen) atoms. The molecular formula is C18H22N4O4. The van der Waals surface area contributed by atoms with Crippen LogP contribution in [0.2, 0.25) is 0 Å². The fraction of sp³-hybridized carbons (Fsp3) is 0.333. The minimum Gasteiger partial charge on any atom is -0.480 e. The molecule has 0 radical (unpaired) electrons. The van der Waals surface area contributed by atoms with Gasteiger partial charge in [-0.1, -0.05) is 29.8 Å². The molecule has 1 atom stereocenters. The average Bonchev–Trinajstić information content (AvgIpc) is 3.08. The summed E-state index contributed by atoms with van der Waals surface area (Å²) >= 11 is 0. The molecule has 8 nitrogen and oxygen atoms in total. The molecule has 3 N–H and O–H groups in total. The number of carboxylic acids is 1. The first-order valence-corrected chi connectivity index (χ1v) is 8.20. The fourth-order valence-corrected chi connectivity index (χ4v) is 2.41. The van der Waals surface area contributed by atoms with Gasteiger partial charge < -0.3 is 15.3 Å². The fourth-order valence-electron chi connectivity index (χ4n) is 2.41. The second-order valence-electron chi connectivity index (χ2n) is 6.03. The zero-order valence-electron chi connectivity index (χ0n) is 14.9. The Morgan fingerprint density at radius 3 is 2.50 bits per heavy atom. The lowest BCUT2D eigenvalue weighted by Gasteiger charge is -2.26. The Morgan fingerprint density at radius 1 is 1.27 bits per heavy atom. The van der Waals surface area contributed by atoms with Crippen LogP contribution in [0.5, 0.6) is 0 Å². The molecule has 0 fully saturated rings. The summed E-state index contributed by atoms with van der Waals surface area (Å²) in [5.41, 5.74) is 2.75. The van der Waals surface area contributed by atoms with E-state index in [4.69, 9.17) is 0 Å². The number of nitrogens with zero attached hydrogens (tertiary/aromatic N) is 2. The van der Waals surface area contributed by atoms with Crippen LogP contribution in [0.4, 0.5) is 0 Å². The summed E-state index contributed by atoms with van der Waals surface area (Å²) in [5.74, 6) is -1.86. The third-order valence-corrected chi connectivity index (χ3v) is 3.97. The molecule has 0 aliphatic heterocycles. The van der Waals surface area contributed by atoms with Gasteiger partial charge in [0, 0.05) is 25.6 Å². The molecule has 0 aliphatic rings. The van der Waals surface area contributed by atoms with Crippen LogP contribution in [0.25, 0.3) is 11.3 Å². The van der Waals surface area contributed by atoms with Gasteiger partial charge in [-0.2, -0.15) is 5.10 Å². The summed E-state index contributed by atoms with van der Waals surface area (Å²) in [5, 5.41) is 18.6. The SMILES string of the molecule is CC(=O)NCCN(C(=O)c1cc(-c2ccc(C)cc2)n[nH]1)C(C)C(=O)O. The first-order valence-electron chi connectivity index (χ1n) is 8.20. The number of aryl methyl sites for hydroxylation is 1. The standard InChI is InChI=1S/C18H22N4O4/c1-11-4-6-14(7-5-11)15-10-16(21-20-15)17(24)22(12(2)18(25)26)9-8-19-13(3)23/h4-7,10,12H,8-9H2,1-3H3,(H,19,23)(H,20,21)(H,25,26). The van der Waals surface area contributed by atoms with Crippen LogP contribution >= 0.6 is 0 Å². The predicted molar refractivity (Wildman–Crippen MR) is 95.6 cm³/mol. The number of aliphatic carboxylic acids is 1. The van der Waals surface area contributed by atoms with E-state index in [-0.39, 0.29) is 24.7 Å². The van der Waals surface area contributed by atoms with Crippen molar-refractivity contribution in [3.05, 3.63) is 41.6 Å². The van der Waals surface area contributed by atoms with Crippen molar-refractivity contribution in [1.82, 2.24) is 20.4 Å². The van der Waals surface area contributed by atoms with E-state index in [0.717, 1.165) is 11.1 Å². The van der Waals surface area contributed by atoms with Crippen molar-refractivity contribution >= 4 is 17.8 Å². The number of hydrogen-bond donors (Lipinski definition) is 3. The second-order valence-corrected chi connectivity index (χ2v) is 6.03. The number of aromatic nitrogens is 2. The average molecular weight is 358 g/mol. The molecule has 0 saturated heterocycles. The van der Waals surface area contributed by atoms with Crippen LogP contribution < -0.4 is 5.32 Å². The molecule has 1 unspecified atom stereocenters. The Bertz CT molecular complexity index is 798. The summed E-state index contributed by atoms with van der Waals surface area (Å²) < 4.78 is 0. The van der Waals surface area contributed by atoms with Crippen molar-refractivity contribution in [2.45, 2.75) is 26.8 Å². The number of carbonyl (C=O) groups is 3. The number of benzene rings is 1. The summed E-state index contributed by atoms with van der Waals surface area (Å²) in [4.78, 5) is 36.3. The lowest BCUT2D eigenvalue weighted by atomic mass is 10.1. The van der Waals surface area contributed by atoms with Crippen LogP contribution in [0.15, 0.2) is 30.3 Å². The van der Waals surface area contributed by atoms with Crippen LogP contribution in [0.3, 0.4) is 0 Å². The van der Waals surface area contributed by atoms with E-state index < -0.39 is 17.9 Å². The Kier molecular flexibility index (Phi) is 6.11. The summed E-state index contributed by atoms with van der Waals surface area (Å²) in [6, 6.07) is 8.23. The van der Waals surface area contributed by atoms with Gasteiger partial charge in [0.05, 0.1) is 5.69 Å². The van der Waals surface area contributed by atoms with Crippen LogP contribution in [-0.4, -0.2) is 57.1 Å². The summed E-state index contributed by atoms with van der Waals surface area (Å²) in [6.45, 7) is 4.99. The van der Waals surface area contributed by atoms with Crippen LogP contribution in [-0.2, 0) is 9.59 Å². The highest BCUT2D eigenvalue weighted by Crippen LogP contribution is 2.19. The maximum absolute atomic E-state index is 12.7. The lowest BCUT2D eigenvalue weighted by molar-refractivity contribution is -0.141. The van der Waals surface area contributed by atoms with Crippen molar-refractivity contribution in [2.75, 3.05) is 13.1 Å². The van der Waals surface area contributed by atoms with Gasteiger partial charge in [-0.25, -0.2) is 4.79 Å². The van der Waals surface area contributed by atoms with E-state index in [0.29, 0.717) is 5.69 Å². The maximum atomic E-state index is 12.7. The predicted octanol–water partition coefficient (Wildman–Crippen LogP) is 1.44. The lowest BCUT2D eigenvalue weighted by Crippen LogP contribution is -2.46. The molecule has 1 aromatic heterocycles. The largest absolute Gasteiger partial charge is 0.480 e. The third kappa shape index (κ3) is 4.69. The smallest absolute Gasteiger partial charge is 0.326 e. The van der Waals surface area contributed by atoms with E-state index in [2.05, 4.69) is 15.5 Å². The van der Waals surface area contributed by atoms with Gasteiger partial charge in [-0.15, -0.1) is 0 Å². The van der Waals surface area contributed by atoms with Gasteiger partial charge in [0.25, 0.3) is 5.91 Å². The Labute approximate surface area is 151 Å². The number of carboxylic acid groups (broad SMARTS) is 1. The maximum Gasteiger partial charge on any atom is 0.326 e. The van der Waals surface area contributed by atoms with Gasteiger partial charge in [0.15, 0.2) is 0 Å². The zero-order valence-corrected chi connectivity index (χ0v) is 14.9. The van der Waals surface area contributed by atoms with Crippen molar-refractivity contribution in [3.8, 4) is 11.3 Å².